The number of halogens is 1. The van der Waals surface area contributed by atoms with E-state index >= 15 is 0 Å². The van der Waals surface area contributed by atoms with Crippen LogP contribution in [0.4, 0.5) is 5.69 Å². The molecule has 19 heavy (non-hydrogen) atoms. The highest BCUT2D eigenvalue weighted by Gasteiger charge is 2.28. The third-order valence-corrected chi connectivity index (χ3v) is 3.47. The number of ether oxygens (including phenoxy) is 2. The maximum Gasteiger partial charge on any atom is 0.340 e. The zero-order valence-corrected chi connectivity index (χ0v) is 11.8. The lowest BCUT2D eigenvalue weighted by molar-refractivity contribution is -0.0855. The van der Waals surface area contributed by atoms with Gasteiger partial charge in [-0.3, -0.25) is 0 Å². The lowest BCUT2D eigenvalue weighted by Crippen LogP contribution is -2.35. The smallest absolute Gasteiger partial charge is 0.340 e. The van der Waals surface area contributed by atoms with E-state index in [4.69, 9.17) is 26.8 Å². The molecule has 104 valence electrons. The molecule has 0 amide bonds. The topological polar surface area (TPSA) is 61.5 Å². The van der Waals surface area contributed by atoms with Crippen LogP contribution in [-0.4, -0.2) is 24.3 Å². The molecule has 1 aromatic rings. The van der Waals surface area contributed by atoms with Gasteiger partial charge in [0.1, 0.15) is 6.10 Å². The van der Waals surface area contributed by atoms with E-state index in [9.17, 15) is 4.79 Å². The highest BCUT2D eigenvalue weighted by Crippen LogP contribution is 2.25. The molecule has 0 saturated carbocycles. The van der Waals surface area contributed by atoms with Gasteiger partial charge in [0.25, 0.3) is 0 Å². The minimum absolute atomic E-state index is 0.0952. The maximum atomic E-state index is 12.1. The molecule has 1 fully saturated rings. The quantitative estimate of drug-likeness (QED) is 0.669. The molecule has 5 heteroatoms. The van der Waals surface area contributed by atoms with E-state index in [1.807, 2.05) is 13.8 Å². The number of nitrogens with two attached hydrogens (primary N) is 1. The summed E-state index contributed by atoms with van der Waals surface area (Å²) in [6.07, 6.45) is 1.46. The van der Waals surface area contributed by atoms with E-state index in [1.165, 1.54) is 6.07 Å². The highest BCUT2D eigenvalue weighted by molar-refractivity contribution is 6.33. The van der Waals surface area contributed by atoms with Gasteiger partial charge in [-0.25, -0.2) is 4.79 Å². The molecule has 1 aromatic carbocycles. The van der Waals surface area contributed by atoms with Crippen LogP contribution in [0.3, 0.4) is 0 Å². The van der Waals surface area contributed by atoms with E-state index in [1.54, 1.807) is 12.1 Å². The average Bonchev–Trinajstić information content (AvgIpc) is 2.30. The average molecular weight is 284 g/mol. The molecule has 0 radical (unpaired) electrons. The fourth-order valence-electron chi connectivity index (χ4n) is 2.35. The van der Waals surface area contributed by atoms with E-state index < -0.39 is 5.97 Å². The Bertz CT molecular complexity index is 468. The molecule has 2 unspecified atom stereocenters. The van der Waals surface area contributed by atoms with Crippen molar-refractivity contribution in [3.63, 3.8) is 0 Å². The van der Waals surface area contributed by atoms with Gasteiger partial charge >= 0.3 is 5.97 Å². The van der Waals surface area contributed by atoms with Gasteiger partial charge in [-0.05, 0) is 32.0 Å². The number of nitrogen functional groups attached to an aromatic ring is 1. The first kappa shape index (κ1) is 14.2. The molecule has 0 bridgehead atoms. The first-order valence-electron chi connectivity index (χ1n) is 6.37. The standard InChI is InChI=1S/C14H18ClNO3/c1-8-5-11(6-9(2)18-8)19-14(17)12-7-10(16)3-4-13(12)15/h3-4,7-9,11H,5-6,16H2,1-2H3. The maximum absolute atomic E-state index is 12.1. The van der Waals surface area contributed by atoms with E-state index in [0.29, 0.717) is 29.1 Å². The van der Waals surface area contributed by atoms with Crippen LogP contribution in [0.5, 0.6) is 0 Å². The van der Waals surface area contributed by atoms with Crippen molar-refractivity contribution in [2.45, 2.75) is 45.0 Å². The van der Waals surface area contributed by atoms with Crippen LogP contribution in [0.25, 0.3) is 0 Å². The summed E-state index contributed by atoms with van der Waals surface area (Å²) < 4.78 is 11.1. The second-order valence-electron chi connectivity index (χ2n) is 5.00. The number of benzene rings is 1. The summed E-state index contributed by atoms with van der Waals surface area (Å²) in [7, 11) is 0. The second-order valence-corrected chi connectivity index (χ2v) is 5.40. The van der Waals surface area contributed by atoms with Crippen LogP contribution >= 0.6 is 11.6 Å². The Morgan fingerprint density at radius 2 is 2.00 bits per heavy atom. The summed E-state index contributed by atoms with van der Waals surface area (Å²) in [6.45, 7) is 3.95. The minimum Gasteiger partial charge on any atom is -0.459 e. The van der Waals surface area contributed by atoms with Crippen molar-refractivity contribution >= 4 is 23.3 Å². The van der Waals surface area contributed by atoms with Gasteiger partial charge in [-0.2, -0.15) is 0 Å². The molecule has 2 rings (SSSR count). The molecule has 1 aliphatic rings. The van der Waals surface area contributed by atoms with Crippen LogP contribution in [0.2, 0.25) is 5.02 Å². The second kappa shape index (κ2) is 5.80. The van der Waals surface area contributed by atoms with Crippen LogP contribution in [0.1, 0.15) is 37.0 Å². The predicted octanol–water partition coefficient (Wildman–Crippen LogP) is 3.04. The Hall–Kier alpha value is -1.26. The van der Waals surface area contributed by atoms with E-state index in [2.05, 4.69) is 0 Å². The zero-order chi connectivity index (χ0) is 14.0. The van der Waals surface area contributed by atoms with Crippen molar-refractivity contribution in [2.75, 3.05) is 5.73 Å². The molecular formula is C14H18ClNO3. The minimum atomic E-state index is -0.427. The predicted molar refractivity (Wildman–Crippen MR) is 74.3 cm³/mol. The third-order valence-electron chi connectivity index (χ3n) is 3.14. The molecule has 1 heterocycles. The Labute approximate surface area is 117 Å². The van der Waals surface area contributed by atoms with Crippen LogP contribution < -0.4 is 5.73 Å². The van der Waals surface area contributed by atoms with Crippen LogP contribution in [0, 0.1) is 0 Å². The zero-order valence-electron chi connectivity index (χ0n) is 11.1. The van der Waals surface area contributed by atoms with Gasteiger partial charge in [-0.15, -0.1) is 0 Å². The van der Waals surface area contributed by atoms with Crippen molar-refractivity contribution < 1.29 is 14.3 Å². The van der Waals surface area contributed by atoms with E-state index in [-0.39, 0.29) is 18.3 Å². The molecular weight excluding hydrogens is 266 g/mol. The largest absolute Gasteiger partial charge is 0.459 e. The first-order chi connectivity index (χ1) is 8.95. The Morgan fingerprint density at radius 1 is 1.37 bits per heavy atom. The number of hydrogen-bond donors (Lipinski definition) is 1. The van der Waals surface area contributed by atoms with Gasteiger partial charge in [0.2, 0.25) is 0 Å². The van der Waals surface area contributed by atoms with Gasteiger partial charge < -0.3 is 15.2 Å². The van der Waals surface area contributed by atoms with Crippen LogP contribution in [-0.2, 0) is 9.47 Å². The van der Waals surface area contributed by atoms with Crippen molar-refractivity contribution in [1.29, 1.82) is 0 Å². The Morgan fingerprint density at radius 3 is 2.63 bits per heavy atom. The monoisotopic (exact) mass is 283 g/mol. The number of carbonyl (C=O) groups is 1. The van der Waals surface area contributed by atoms with Crippen molar-refractivity contribution in [2.24, 2.45) is 0 Å². The lowest BCUT2D eigenvalue weighted by atomic mass is 10.0. The van der Waals surface area contributed by atoms with Gasteiger partial charge in [0, 0.05) is 18.5 Å². The molecule has 0 aromatic heterocycles. The number of anilines is 1. The molecule has 4 nitrogen and oxygen atoms in total. The summed E-state index contributed by atoms with van der Waals surface area (Å²) in [5.41, 5.74) is 6.46. The SMILES string of the molecule is CC1CC(OC(=O)c2cc(N)ccc2Cl)CC(C)O1. The van der Waals surface area contributed by atoms with Crippen molar-refractivity contribution in [3.8, 4) is 0 Å². The summed E-state index contributed by atoms with van der Waals surface area (Å²) in [4.78, 5) is 12.1. The fourth-order valence-corrected chi connectivity index (χ4v) is 2.55. The first-order valence-corrected chi connectivity index (χ1v) is 6.75. The Balaban J connectivity index is 2.06. The molecule has 2 atom stereocenters. The number of rotatable bonds is 2. The van der Waals surface area contributed by atoms with Gasteiger partial charge in [-0.1, -0.05) is 11.6 Å². The number of esters is 1. The summed E-state index contributed by atoms with van der Waals surface area (Å²) >= 11 is 5.99. The molecule has 1 aliphatic heterocycles. The number of hydrogen-bond acceptors (Lipinski definition) is 4. The number of carbonyl (C=O) groups excluding carboxylic acids is 1. The molecule has 0 spiro atoms. The normalized spacial score (nSPS) is 27.0. The lowest BCUT2D eigenvalue weighted by Gasteiger charge is -2.31. The molecule has 1 saturated heterocycles. The van der Waals surface area contributed by atoms with Crippen LogP contribution in [0.15, 0.2) is 18.2 Å². The summed E-state index contributed by atoms with van der Waals surface area (Å²) in [5, 5.41) is 0.354. The molecule has 2 N–H and O–H groups in total. The summed E-state index contributed by atoms with van der Waals surface area (Å²) in [5.74, 6) is -0.427. The Kier molecular flexibility index (Phi) is 4.32. The third kappa shape index (κ3) is 3.61. The van der Waals surface area contributed by atoms with Crippen molar-refractivity contribution in [1.82, 2.24) is 0 Å². The summed E-state index contributed by atoms with van der Waals surface area (Å²) in [6, 6.07) is 4.79. The molecule has 0 aliphatic carbocycles. The van der Waals surface area contributed by atoms with Gasteiger partial charge in [0.05, 0.1) is 22.8 Å². The van der Waals surface area contributed by atoms with Crippen molar-refractivity contribution in [3.05, 3.63) is 28.8 Å². The van der Waals surface area contributed by atoms with E-state index in [0.717, 1.165) is 0 Å². The fraction of sp³-hybridized carbons (Fsp3) is 0.500. The van der Waals surface area contributed by atoms with Gasteiger partial charge in [0.15, 0.2) is 0 Å². The highest BCUT2D eigenvalue weighted by atomic mass is 35.5.